The van der Waals surface area contributed by atoms with Crippen LogP contribution in [0.1, 0.15) is 0 Å². The van der Waals surface area contributed by atoms with Gasteiger partial charge < -0.3 is 0 Å². The van der Waals surface area contributed by atoms with Crippen LogP contribution in [0.25, 0.3) is 27.6 Å². The van der Waals surface area contributed by atoms with Crippen molar-refractivity contribution in [2.75, 3.05) is 0 Å². The molecule has 0 unspecified atom stereocenters. The molecule has 4 heteroatoms. The number of rotatable bonds is 0. The molecule has 0 radical (unpaired) electrons. The summed E-state index contributed by atoms with van der Waals surface area (Å²) in [5.41, 5.74) is 4.08. The van der Waals surface area contributed by atoms with E-state index in [1.165, 1.54) is 0 Å². The number of benzene rings is 2. The highest BCUT2D eigenvalue weighted by molar-refractivity contribution is 14.1. The lowest BCUT2D eigenvalue weighted by Gasteiger charge is -2.03. The van der Waals surface area contributed by atoms with E-state index in [2.05, 4.69) is 44.1 Å². The monoisotopic (exact) mass is 345 g/mol. The van der Waals surface area contributed by atoms with Crippen LogP contribution in [0.15, 0.2) is 48.5 Å². The molecule has 2 heterocycles. The van der Waals surface area contributed by atoms with Gasteiger partial charge in [0, 0.05) is 28.0 Å². The molecule has 3 nitrogen and oxygen atoms in total. The third-order valence-electron chi connectivity index (χ3n) is 3.10. The second-order valence-corrected chi connectivity index (χ2v) is 5.12. The number of hydrogen-bond donors (Lipinski definition) is 0. The third-order valence-corrected chi connectivity index (χ3v) is 3.83. The molecule has 4 rings (SSSR count). The second-order valence-electron chi connectivity index (χ2n) is 4.16. The first-order valence-electron chi connectivity index (χ1n) is 5.66. The van der Waals surface area contributed by atoms with Crippen LogP contribution in [0.2, 0.25) is 0 Å². The van der Waals surface area contributed by atoms with Crippen molar-refractivity contribution in [3.63, 3.8) is 0 Å². The summed E-state index contributed by atoms with van der Waals surface area (Å²) in [6.07, 6.45) is 0. The molecule has 2 aromatic heterocycles. The highest BCUT2D eigenvalue weighted by Crippen LogP contribution is 2.24. The second kappa shape index (κ2) is 3.65. The van der Waals surface area contributed by atoms with E-state index in [-0.39, 0.29) is 0 Å². The van der Waals surface area contributed by atoms with Crippen LogP contribution in [0.3, 0.4) is 0 Å². The Bertz CT molecular complexity index is 895. The van der Waals surface area contributed by atoms with Gasteiger partial charge in [-0.2, -0.15) is 0 Å². The molecule has 0 fully saturated rings. The first-order chi connectivity index (χ1) is 8.84. The minimum atomic E-state index is 0.940. The molecular weight excluding hydrogens is 337 g/mol. The van der Waals surface area contributed by atoms with Crippen molar-refractivity contribution in [3.05, 3.63) is 52.4 Å². The quantitative estimate of drug-likeness (QED) is 0.360. The fourth-order valence-electron chi connectivity index (χ4n) is 2.30. The van der Waals surface area contributed by atoms with Crippen molar-refractivity contribution in [3.8, 4) is 0 Å². The van der Waals surface area contributed by atoms with Crippen LogP contribution in [0.5, 0.6) is 0 Å². The van der Waals surface area contributed by atoms with E-state index in [9.17, 15) is 0 Å². The van der Waals surface area contributed by atoms with Gasteiger partial charge in [-0.05, 0) is 24.3 Å². The average Bonchev–Trinajstić information content (AvgIpc) is 2.79. The lowest BCUT2D eigenvalue weighted by atomic mass is 10.2. The third kappa shape index (κ3) is 1.29. The van der Waals surface area contributed by atoms with Gasteiger partial charge in [0.2, 0.25) is 0 Å². The standard InChI is InChI=1S/C14H8IN3/c15-14-17-10-6-2-1-5-9(10)13-16-11-7-3-4-8-12(11)18(13)14/h1-8H. The Morgan fingerprint density at radius 3 is 2.44 bits per heavy atom. The molecule has 2 aromatic carbocycles. The van der Waals surface area contributed by atoms with Crippen molar-refractivity contribution in [1.82, 2.24) is 14.4 Å². The van der Waals surface area contributed by atoms with E-state index in [0.717, 1.165) is 31.4 Å². The molecule has 0 amide bonds. The SMILES string of the molecule is Ic1nc2ccccc2c2nc3ccccc3n12. The first-order valence-corrected chi connectivity index (χ1v) is 6.74. The topological polar surface area (TPSA) is 30.2 Å². The van der Waals surface area contributed by atoms with E-state index < -0.39 is 0 Å². The minimum absolute atomic E-state index is 0.940. The highest BCUT2D eigenvalue weighted by Gasteiger charge is 2.11. The Kier molecular flexibility index (Phi) is 2.08. The van der Waals surface area contributed by atoms with Crippen LogP contribution in [0, 0.1) is 3.83 Å². The van der Waals surface area contributed by atoms with Gasteiger partial charge >= 0.3 is 0 Å². The normalized spacial score (nSPS) is 11.6. The summed E-state index contributed by atoms with van der Waals surface area (Å²) in [5.74, 6) is 0. The Labute approximate surface area is 117 Å². The number of fused-ring (bicyclic) bond motifs is 5. The van der Waals surface area contributed by atoms with E-state index in [4.69, 9.17) is 4.98 Å². The molecule has 0 spiro atoms. The predicted molar refractivity (Wildman–Crippen MR) is 80.7 cm³/mol. The molecule has 0 saturated carbocycles. The predicted octanol–water partition coefficient (Wildman–Crippen LogP) is 3.64. The zero-order valence-electron chi connectivity index (χ0n) is 9.34. The van der Waals surface area contributed by atoms with Gasteiger partial charge in [-0.15, -0.1) is 0 Å². The summed E-state index contributed by atoms with van der Waals surface area (Å²) in [6.45, 7) is 0. The molecule has 0 aliphatic carbocycles. The molecule has 0 atom stereocenters. The summed E-state index contributed by atoms with van der Waals surface area (Å²) in [6, 6.07) is 16.3. The number of para-hydroxylation sites is 3. The van der Waals surface area contributed by atoms with Crippen molar-refractivity contribution < 1.29 is 0 Å². The van der Waals surface area contributed by atoms with Crippen LogP contribution >= 0.6 is 22.6 Å². The van der Waals surface area contributed by atoms with Gasteiger partial charge in [0.05, 0.1) is 16.6 Å². The van der Waals surface area contributed by atoms with Gasteiger partial charge in [0.15, 0.2) is 3.83 Å². The lowest BCUT2D eigenvalue weighted by Crippen LogP contribution is -1.96. The van der Waals surface area contributed by atoms with Crippen LogP contribution in [0.4, 0.5) is 0 Å². The van der Waals surface area contributed by atoms with Gasteiger partial charge in [0.1, 0.15) is 5.65 Å². The van der Waals surface area contributed by atoms with Crippen LogP contribution < -0.4 is 0 Å². The molecule has 0 bridgehead atoms. The van der Waals surface area contributed by atoms with E-state index in [1.807, 2.05) is 36.4 Å². The lowest BCUT2D eigenvalue weighted by molar-refractivity contribution is 1.09. The van der Waals surface area contributed by atoms with E-state index in [0.29, 0.717) is 0 Å². The van der Waals surface area contributed by atoms with Gasteiger partial charge in [-0.3, -0.25) is 4.40 Å². The molecule has 0 aliphatic heterocycles. The Balaban J connectivity index is 2.38. The van der Waals surface area contributed by atoms with Gasteiger partial charge in [-0.25, -0.2) is 9.97 Å². The number of imidazole rings is 1. The largest absolute Gasteiger partial charge is 0.271 e. The fourth-order valence-corrected chi connectivity index (χ4v) is 3.05. The molecule has 0 N–H and O–H groups in total. The highest BCUT2D eigenvalue weighted by atomic mass is 127. The van der Waals surface area contributed by atoms with Crippen molar-refractivity contribution >= 4 is 50.2 Å². The number of halogens is 1. The molecule has 86 valence electrons. The van der Waals surface area contributed by atoms with Crippen LogP contribution in [-0.4, -0.2) is 14.4 Å². The number of hydrogen-bond acceptors (Lipinski definition) is 2. The van der Waals surface area contributed by atoms with Crippen molar-refractivity contribution in [2.45, 2.75) is 0 Å². The molecule has 0 saturated heterocycles. The first kappa shape index (κ1) is 10.3. The molecular formula is C14H8IN3. The van der Waals surface area contributed by atoms with E-state index in [1.54, 1.807) is 0 Å². The zero-order valence-corrected chi connectivity index (χ0v) is 11.5. The summed E-state index contributed by atoms with van der Waals surface area (Å²) in [7, 11) is 0. The molecule has 18 heavy (non-hydrogen) atoms. The number of aromatic nitrogens is 3. The molecule has 0 aliphatic rings. The maximum absolute atomic E-state index is 4.72. The Morgan fingerprint density at radius 1 is 0.833 bits per heavy atom. The average molecular weight is 345 g/mol. The summed E-state index contributed by atoms with van der Waals surface area (Å²) in [4.78, 5) is 9.36. The van der Waals surface area contributed by atoms with Crippen LogP contribution in [-0.2, 0) is 0 Å². The minimum Gasteiger partial charge on any atom is -0.271 e. The summed E-state index contributed by atoms with van der Waals surface area (Å²) < 4.78 is 3.05. The molecule has 4 aromatic rings. The smallest absolute Gasteiger partial charge is 0.178 e. The Morgan fingerprint density at radius 2 is 1.56 bits per heavy atom. The zero-order chi connectivity index (χ0) is 12.1. The Hall–Kier alpha value is -1.69. The maximum Gasteiger partial charge on any atom is 0.178 e. The van der Waals surface area contributed by atoms with E-state index >= 15 is 0 Å². The van der Waals surface area contributed by atoms with Crippen molar-refractivity contribution in [2.24, 2.45) is 0 Å². The van der Waals surface area contributed by atoms with Gasteiger partial charge in [0.25, 0.3) is 0 Å². The number of nitrogens with zero attached hydrogens (tertiary/aromatic N) is 3. The van der Waals surface area contributed by atoms with Crippen molar-refractivity contribution in [1.29, 1.82) is 0 Å². The summed E-state index contributed by atoms with van der Waals surface area (Å²) in [5, 5.41) is 1.09. The fraction of sp³-hybridized carbons (Fsp3) is 0. The van der Waals surface area contributed by atoms with Gasteiger partial charge in [-0.1, -0.05) is 24.3 Å². The maximum atomic E-state index is 4.72. The summed E-state index contributed by atoms with van der Waals surface area (Å²) >= 11 is 2.26.